The summed E-state index contributed by atoms with van der Waals surface area (Å²) in [4.78, 5) is 2.57. The van der Waals surface area contributed by atoms with E-state index < -0.39 is 0 Å². The predicted octanol–water partition coefficient (Wildman–Crippen LogP) is 1.81. The first kappa shape index (κ1) is 10.5. The Labute approximate surface area is 91.3 Å². The SMILES string of the molecule is CC(=CCl)CNC1CN2CCC1CC2. The van der Waals surface area contributed by atoms with Crippen molar-refractivity contribution in [3.05, 3.63) is 11.1 Å². The van der Waals surface area contributed by atoms with E-state index in [1.807, 2.05) is 0 Å². The lowest BCUT2D eigenvalue weighted by Gasteiger charge is -2.45. The largest absolute Gasteiger partial charge is 0.309 e. The Balaban J connectivity index is 1.81. The van der Waals surface area contributed by atoms with E-state index in [0.717, 1.165) is 12.5 Å². The standard InChI is InChI=1S/C11H19ClN2/c1-9(6-12)7-13-11-8-14-4-2-10(11)3-5-14/h6,10-11,13H,2-5,7-8H2,1H3. The number of piperidine rings is 3. The van der Waals surface area contributed by atoms with Gasteiger partial charge in [-0.2, -0.15) is 0 Å². The Morgan fingerprint density at radius 3 is 2.71 bits per heavy atom. The number of fused-ring (bicyclic) bond motifs is 3. The molecule has 0 aromatic carbocycles. The molecular weight excluding hydrogens is 196 g/mol. The van der Waals surface area contributed by atoms with Crippen molar-refractivity contribution in [1.82, 2.24) is 10.2 Å². The second-order valence-electron chi connectivity index (χ2n) is 4.58. The van der Waals surface area contributed by atoms with Crippen molar-refractivity contribution in [1.29, 1.82) is 0 Å². The first-order chi connectivity index (χ1) is 6.79. The number of rotatable bonds is 3. The topological polar surface area (TPSA) is 15.3 Å². The van der Waals surface area contributed by atoms with E-state index in [4.69, 9.17) is 11.6 Å². The summed E-state index contributed by atoms with van der Waals surface area (Å²) in [6.45, 7) is 6.88. The molecule has 3 heteroatoms. The Hall–Kier alpha value is -0.0500. The average Bonchev–Trinajstić information content (AvgIpc) is 2.27. The van der Waals surface area contributed by atoms with E-state index in [9.17, 15) is 0 Å². The zero-order valence-corrected chi connectivity index (χ0v) is 9.56. The van der Waals surface area contributed by atoms with Crippen molar-refractivity contribution in [3.8, 4) is 0 Å². The van der Waals surface area contributed by atoms with Crippen molar-refractivity contribution in [2.24, 2.45) is 5.92 Å². The van der Waals surface area contributed by atoms with Crippen LogP contribution in [0.5, 0.6) is 0 Å². The van der Waals surface area contributed by atoms with Crippen molar-refractivity contribution < 1.29 is 0 Å². The van der Waals surface area contributed by atoms with Gasteiger partial charge < -0.3 is 10.2 Å². The van der Waals surface area contributed by atoms with Gasteiger partial charge >= 0.3 is 0 Å². The van der Waals surface area contributed by atoms with Gasteiger partial charge in [0.15, 0.2) is 0 Å². The molecule has 3 rings (SSSR count). The number of nitrogens with zero attached hydrogens (tertiary/aromatic N) is 1. The molecule has 14 heavy (non-hydrogen) atoms. The summed E-state index contributed by atoms with van der Waals surface area (Å²) < 4.78 is 0. The third kappa shape index (κ3) is 2.30. The molecule has 0 aromatic rings. The highest BCUT2D eigenvalue weighted by Gasteiger charge is 2.33. The lowest BCUT2D eigenvalue weighted by atomic mass is 9.84. The Kier molecular flexibility index (Phi) is 3.47. The molecule has 1 atom stereocenters. The molecule has 80 valence electrons. The lowest BCUT2D eigenvalue weighted by molar-refractivity contribution is 0.0742. The van der Waals surface area contributed by atoms with Crippen LogP contribution >= 0.6 is 11.6 Å². The average molecular weight is 215 g/mol. The van der Waals surface area contributed by atoms with Gasteiger partial charge in [0.2, 0.25) is 0 Å². The zero-order valence-electron chi connectivity index (χ0n) is 8.80. The highest BCUT2D eigenvalue weighted by Crippen LogP contribution is 2.27. The quantitative estimate of drug-likeness (QED) is 0.771. The monoisotopic (exact) mass is 214 g/mol. The predicted molar refractivity (Wildman–Crippen MR) is 60.6 cm³/mol. The van der Waals surface area contributed by atoms with Crippen LogP contribution in [0.4, 0.5) is 0 Å². The van der Waals surface area contributed by atoms with Crippen LogP contribution in [-0.2, 0) is 0 Å². The van der Waals surface area contributed by atoms with Gasteiger partial charge in [-0.1, -0.05) is 11.6 Å². The Bertz CT molecular complexity index is 219. The maximum Gasteiger partial charge on any atom is 0.0227 e. The lowest BCUT2D eigenvalue weighted by Crippen LogP contribution is -2.56. The molecule has 2 bridgehead atoms. The highest BCUT2D eigenvalue weighted by atomic mass is 35.5. The molecule has 1 unspecified atom stereocenters. The van der Waals surface area contributed by atoms with Crippen molar-refractivity contribution in [2.75, 3.05) is 26.2 Å². The molecule has 3 fully saturated rings. The van der Waals surface area contributed by atoms with Gasteiger partial charge in [0.25, 0.3) is 0 Å². The summed E-state index contributed by atoms with van der Waals surface area (Å²) in [7, 11) is 0. The maximum absolute atomic E-state index is 5.64. The Morgan fingerprint density at radius 1 is 1.50 bits per heavy atom. The molecule has 3 saturated heterocycles. The van der Waals surface area contributed by atoms with Crippen molar-refractivity contribution in [2.45, 2.75) is 25.8 Å². The van der Waals surface area contributed by atoms with Crippen LogP contribution in [-0.4, -0.2) is 37.1 Å². The van der Waals surface area contributed by atoms with Crippen molar-refractivity contribution in [3.63, 3.8) is 0 Å². The molecule has 3 aliphatic heterocycles. The molecule has 0 aromatic heterocycles. The molecule has 2 nitrogen and oxygen atoms in total. The second kappa shape index (κ2) is 4.65. The molecule has 0 aliphatic carbocycles. The van der Waals surface area contributed by atoms with Crippen LogP contribution in [0, 0.1) is 5.92 Å². The fraction of sp³-hybridized carbons (Fsp3) is 0.818. The number of hydrogen-bond donors (Lipinski definition) is 1. The van der Waals surface area contributed by atoms with Crippen LogP contribution in [0.2, 0.25) is 0 Å². The second-order valence-corrected chi connectivity index (χ2v) is 4.80. The van der Waals surface area contributed by atoms with Crippen LogP contribution < -0.4 is 5.32 Å². The van der Waals surface area contributed by atoms with E-state index in [2.05, 4.69) is 17.1 Å². The summed E-state index contributed by atoms with van der Waals surface area (Å²) in [5, 5.41) is 3.61. The number of halogens is 1. The third-order valence-electron chi connectivity index (χ3n) is 3.49. The third-order valence-corrected chi connectivity index (χ3v) is 3.86. The van der Waals surface area contributed by atoms with Crippen LogP contribution in [0.1, 0.15) is 19.8 Å². The first-order valence-corrected chi connectivity index (χ1v) is 5.95. The summed E-state index contributed by atoms with van der Waals surface area (Å²) in [6.07, 6.45) is 2.75. The summed E-state index contributed by atoms with van der Waals surface area (Å²) in [6, 6.07) is 0.698. The van der Waals surface area contributed by atoms with E-state index >= 15 is 0 Å². The van der Waals surface area contributed by atoms with Crippen molar-refractivity contribution >= 4 is 11.6 Å². The van der Waals surface area contributed by atoms with Crippen LogP contribution in [0.3, 0.4) is 0 Å². The fourth-order valence-electron chi connectivity index (χ4n) is 2.53. The molecule has 0 spiro atoms. The molecule has 3 heterocycles. The molecule has 0 amide bonds. The highest BCUT2D eigenvalue weighted by molar-refractivity contribution is 6.25. The summed E-state index contributed by atoms with van der Waals surface area (Å²) >= 11 is 5.64. The van der Waals surface area contributed by atoms with Gasteiger partial charge in [0, 0.05) is 24.7 Å². The van der Waals surface area contributed by atoms with Crippen LogP contribution in [0.25, 0.3) is 0 Å². The van der Waals surface area contributed by atoms with Gasteiger partial charge in [0.1, 0.15) is 0 Å². The van der Waals surface area contributed by atoms with E-state index in [0.29, 0.717) is 6.04 Å². The van der Waals surface area contributed by atoms with E-state index in [1.54, 1.807) is 5.54 Å². The maximum atomic E-state index is 5.64. The normalized spacial score (nSPS) is 37.6. The first-order valence-electron chi connectivity index (χ1n) is 5.51. The minimum atomic E-state index is 0.698. The zero-order chi connectivity index (χ0) is 9.97. The number of hydrogen-bond acceptors (Lipinski definition) is 2. The molecule has 0 radical (unpaired) electrons. The van der Waals surface area contributed by atoms with Gasteiger partial charge in [-0.05, 0) is 44.3 Å². The van der Waals surface area contributed by atoms with Crippen LogP contribution in [0.15, 0.2) is 11.1 Å². The van der Waals surface area contributed by atoms with Gasteiger partial charge in [-0.3, -0.25) is 0 Å². The fourth-order valence-corrected chi connectivity index (χ4v) is 2.60. The minimum absolute atomic E-state index is 0.698. The van der Waals surface area contributed by atoms with Gasteiger partial charge in [0.05, 0.1) is 0 Å². The molecule has 0 saturated carbocycles. The summed E-state index contributed by atoms with van der Waals surface area (Å²) in [5.74, 6) is 0.906. The Morgan fingerprint density at radius 2 is 2.21 bits per heavy atom. The van der Waals surface area contributed by atoms with Gasteiger partial charge in [-0.25, -0.2) is 0 Å². The molecule has 3 aliphatic rings. The van der Waals surface area contributed by atoms with E-state index in [-0.39, 0.29) is 0 Å². The number of nitrogens with one attached hydrogen (secondary N) is 1. The van der Waals surface area contributed by atoms with Gasteiger partial charge in [-0.15, -0.1) is 0 Å². The van der Waals surface area contributed by atoms with E-state index in [1.165, 1.54) is 38.0 Å². The summed E-state index contributed by atoms with van der Waals surface area (Å²) in [5.41, 5.74) is 2.90. The molecule has 1 N–H and O–H groups in total. The smallest absolute Gasteiger partial charge is 0.0227 e. The minimum Gasteiger partial charge on any atom is -0.309 e. The molecular formula is C11H19ClN2.